The number of phosphoric acid groups is 2. The summed E-state index contributed by atoms with van der Waals surface area (Å²) in [6.07, 6.45) is 97.2. The number of aliphatic hydroxyl groups excluding tert-OH is 1. The summed E-state index contributed by atoms with van der Waals surface area (Å²) in [7, 11) is -10.0. The zero-order valence-corrected chi connectivity index (χ0v) is 68.5. The fourth-order valence-electron chi connectivity index (χ4n) is 9.99. The van der Waals surface area contributed by atoms with Crippen molar-refractivity contribution < 1.29 is 80.2 Å². The van der Waals surface area contributed by atoms with Crippen LogP contribution in [0.15, 0.2) is 194 Å². The first-order valence-corrected chi connectivity index (χ1v) is 43.7. The third-order valence-electron chi connectivity index (χ3n) is 16.1. The molecule has 0 radical (unpaired) electrons. The molecule has 3 N–H and O–H groups in total. The Morgan fingerprint density at radius 3 is 0.787 bits per heavy atom. The maximum atomic E-state index is 13.1. The van der Waals surface area contributed by atoms with Crippen LogP contribution in [0.3, 0.4) is 0 Å². The van der Waals surface area contributed by atoms with Crippen LogP contribution in [0.5, 0.6) is 0 Å². The molecule has 19 heteroatoms. The molecule has 610 valence electrons. The van der Waals surface area contributed by atoms with E-state index in [4.69, 9.17) is 37.0 Å². The van der Waals surface area contributed by atoms with Crippen molar-refractivity contribution in [2.75, 3.05) is 39.6 Å². The van der Waals surface area contributed by atoms with E-state index in [1.165, 1.54) is 38.5 Å². The van der Waals surface area contributed by atoms with Crippen molar-refractivity contribution in [1.29, 1.82) is 0 Å². The number of carbonyl (C=O) groups is 4. The van der Waals surface area contributed by atoms with Gasteiger partial charge in [-0.05, 0) is 161 Å². The average Bonchev–Trinajstić information content (AvgIpc) is 0.923. The number of ether oxygens (including phenoxy) is 4. The molecule has 0 bridgehead atoms. The van der Waals surface area contributed by atoms with Gasteiger partial charge in [0.1, 0.15) is 19.3 Å². The fourth-order valence-corrected chi connectivity index (χ4v) is 11.6. The van der Waals surface area contributed by atoms with E-state index in [0.29, 0.717) is 38.5 Å². The molecular formula is C89H142O17P2. The maximum absolute atomic E-state index is 13.1. The quantitative estimate of drug-likeness (QED) is 0.0169. The van der Waals surface area contributed by atoms with E-state index in [2.05, 4.69) is 186 Å². The lowest BCUT2D eigenvalue weighted by atomic mass is 10.1. The third kappa shape index (κ3) is 78.0. The predicted molar refractivity (Wildman–Crippen MR) is 445 cm³/mol. The number of phosphoric ester groups is 2. The molecule has 0 saturated carbocycles. The van der Waals surface area contributed by atoms with Gasteiger partial charge in [-0.25, -0.2) is 9.13 Å². The second-order valence-electron chi connectivity index (χ2n) is 26.2. The van der Waals surface area contributed by atoms with E-state index in [1.807, 2.05) is 36.5 Å². The van der Waals surface area contributed by atoms with Gasteiger partial charge in [0.15, 0.2) is 12.2 Å². The van der Waals surface area contributed by atoms with Gasteiger partial charge >= 0.3 is 39.5 Å². The Hall–Kier alpha value is -6.10. The molecule has 0 aromatic rings. The van der Waals surface area contributed by atoms with Crippen LogP contribution in [-0.4, -0.2) is 96.7 Å². The summed E-state index contributed by atoms with van der Waals surface area (Å²) in [5, 5.41) is 10.7. The predicted octanol–water partition coefficient (Wildman–Crippen LogP) is 24.1. The topological polar surface area (TPSA) is 237 Å². The highest BCUT2D eigenvalue weighted by atomic mass is 31.2. The molecule has 108 heavy (non-hydrogen) atoms. The van der Waals surface area contributed by atoms with E-state index in [-0.39, 0.29) is 25.7 Å². The molecule has 0 spiro atoms. The summed E-state index contributed by atoms with van der Waals surface area (Å²) in [6.45, 7) is 4.31. The zero-order chi connectivity index (χ0) is 78.9. The lowest BCUT2D eigenvalue weighted by Gasteiger charge is -2.21. The van der Waals surface area contributed by atoms with Crippen LogP contribution in [0, 0.1) is 0 Å². The Kier molecular flexibility index (Phi) is 74.5. The molecule has 5 atom stereocenters. The molecule has 0 aliphatic rings. The first kappa shape index (κ1) is 102. The minimum Gasteiger partial charge on any atom is -0.462 e. The van der Waals surface area contributed by atoms with E-state index >= 15 is 0 Å². The van der Waals surface area contributed by atoms with Crippen molar-refractivity contribution in [3.63, 3.8) is 0 Å². The van der Waals surface area contributed by atoms with Crippen molar-refractivity contribution >= 4 is 39.5 Å². The fraction of sp³-hybridized carbons (Fsp3) is 0.596. The van der Waals surface area contributed by atoms with Gasteiger partial charge in [0, 0.05) is 25.7 Å². The van der Waals surface area contributed by atoms with Crippen LogP contribution in [0.2, 0.25) is 0 Å². The standard InChI is InChI=1S/C89H142O17P2/c1-5-9-13-17-21-25-29-33-37-39-41-43-47-49-53-57-61-65-69-73-86(91)99-79-84(105-88(93)75-71-67-63-59-55-51-45-35-31-27-23-19-15-11-7-3)81-103-107(95,96)101-77-83(90)78-102-108(97,98)104-82-85(106-89(94)76-72-68-64-60-56-52-46-36-32-28-24-20-16-12-8-4)80-100-87(92)74-70-66-62-58-54-50-48-44-42-40-38-34-30-26-22-18-14-10-6-2/h9-11,13-15,21-23,25-27,33-38,41-46,49-50,53-54,61-62,65-66,83-85,90H,5-8,12,16-20,24,28-32,39-40,47-48,51-52,55-60,63-64,67-82H2,1-4H3,(H,95,96)(H,97,98)/b13-9-,14-10-,15-11-,25-21-,26-22-,27-23-,37-33-,38-34-,43-41-,44-42-,45-35-,46-36-,53-49-,54-50-,65-61-,66-62-. The summed E-state index contributed by atoms with van der Waals surface area (Å²) < 4.78 is 68.5. The van der Waals surface area contributed by atoms with Crippen molar-refractivity contribution in [3.8, 4) is 0 Å². The minimum atomic E-state index is -5.02. The van der Waals surface area contributed by atoms with Crippen LogP contribution < -0.4 is 0 Å². The Morgan fingerprint density at radius 1 is 0.269 bits per heavy atom. The largest absolute Gasteiger partial charge is 0.472 e. The molecule has 0 rings (SSSR count). The number of esters is 4. The van der Waals surface area contributed by atoms with Gasteiger partial charge < -0.3 is 33.8 Å². The molecule has 0 saturated heterocycles. The summed E-state index contributed by atoms with van der Waals surface area (Å²) in [4.78, 5) is 73.0. The summed E-state index contributed by atoms with van der Waals surface area (Å²) >= 11 is 0. The van der Waals surface area contributed by atoms with Gasteiger partial charge in [-0.3, -0.25) is 37.3 Å². The average molecular weight is 1550 g/mol. The highest BCUT2D eigenvalue weighted by molar-refractivity contribution is 7.47. The first-order valence-electron chi connectivity index (χ1n) is 40.7. The molecule has 0 amide bonds. The van der Waals surface area contributed by atoms with Crippen LogP contribution in [0.1, 0.15) is 285 Å². The zero-order valence-electron chi connectivity index (χ0n) is 66.7. The molecule has 0 aliphatic carbocycles. The van der Waals surface area contributed by atoms with Crippen LogP contribution in [0.4, 0.5) is 0 Å². The number of hydrogen-bond donors (Lipinski definition) is 3. The van der Waals surface area contributed by atoms with E-state index < -0.39 is 97.5 Å². The minimum absolute atomic E-state index is 0.0232. The third-order valence-corrected chi connectivity index (χ3v) is 18.0. The van der Waals surface area contributed by atoms with Crippen molar-refractivity contribution in [1.82, 2.24) is 0 Å². The van der Waals surface area contributed by atoms with E-state index in [0.717, 1.165) is 154 Å². The summed E-state index contributed by atoms with van der Waals surface area (Å²) in [6, 6.07) is 0. The Bertz CT molecular complexity index is 2810. The second kappa shape index (κ2) is 79.0. The molecule has 5 unspecified atom stereocenters. The van der Waals surface area contributed by atoms with Crippen molar-refractivity contribution in [3.05, 3.63) is 194 Å². The molecule has 0 heterocycles. The van der Waals surface area contributed by atoms with Gasteiger partial charge in [-0.2, -0.15) is 0 Å². The van der Waals surface area contributed by atoms with Gasteiger partial charge in [0.2, 0.25) is 0 Å². The lowest BCUT2D eigenvalue weighted by molar-refractivity contribution is -0.161. The van der Waals surface area contributed by atoms with Gasteiger partial charge in [0.05, 0.1) is 26.4 Å². The van der Waals surface area contributed by atoms with E-state index in [1.54, 1.807) is 0 Å². The summed E-state index contributed by atoms with van der Waals surface area (Å²) in [5.41, 5.74) is 0. The van der Waals surface area contributed by atoms with Gasteiger partial charge in [-0.1, -0.05) is 293 Å². The Labute approximate surface area is 653 Å². The van der Waals surface area contributed by atoms with Crippen molar-refractivity contribution in [2.45, 2.75) is 303 Å². The van der Waals surface area contributed by atoms with Crippen LogP contribution >= 0.6 is 15.6 Å². The number of carbonyl (C=O) groups excluding carboxylic acids is 4. The number of rotatable bonds is 74. The SMILES string of the molecule is CC/C=C\C/C=C\C/C=C\C/C=C\C/C=C\C/C=C\CCC(=O)OCC(COP(=O)(O)OCC(O)COP(=O)(O)OCC(COC(=O)CC/C=C\C/C=C\C/C=C\C/C=C\C/C=C\C/C=C\CC)OC(=O)CCCCCCC/C=C\CCCCCCCC)OC(=O)CCCCCCC/C=C\C/C=C\C/C=C\CC. The Balaban J connectivity index is 5.53. The highest BCUT2D eigenvalue weighted by Crippen LogP contribution is 2.45. The van der Waals surface area contributed by atoms with Crippen LogP contribution in [0.25, 0.3) is 0 Å². The molecule has 0 aromatic carbocycles. The molecule has 17 nitrogen and oxygen atoms in total. The number of aliphatic hydroxyl groups is 1. The molecule has 0 aliphatic heterocycles. The Morgan fingerprint density at radius 2 is 0.500 bits per heavy atom. The normalized spacial score (nSPS) is 14.8. The molecule has 0 aromatic heterocycles. The number of allylic oxidation sites excluding steroid dienone is 32. The van der Waals surface area contributed by atoms with Gasteiger partial charge in [-0.15, -0.1) is 0 Å². The molecule has 0 fully saturated rings. The number of unbranched alkanes of at least 4 members (excludes halogenated alkanes) is 16. The maximum Gasteiger partial charge on any atom is 0.472 e. The number of hydrogen-bond acceptors (Lipinski definition) is 15. The lowest BCUT2D eigenvalue weighted by Crippen LogP contribution is -2.30. The van der Waals surface area contributed by atoms with E-state index in [9.17, 15) is 43.2 Å². The molecular weight excluding hydrogens is 1400 g/mol. The van der Waals surface area contributed by atoms with Gasteiger partial charge in [0.25, 0.3) is 0 Å². The van der Waals surface area contributed by atoms with Crippen molar-refractivity contribution in [2.24, 2.45) is 0 Å². The highest BCUT2D eigenvalue weighted by Gasteiger charge is 2.30. The van der Waals surface area contributed by atoms with Crippen LogP contribution in [-0.2, 0) is 65.4 Å². The smallest absolute Gasteiger partial charge is 0.462 e. The monoisotopic (exact) mass is 1540 g/mol. The summed E-state index contributed by atoms with van der Waals surface area (Å²) in [5.74, 6) is -2.42. The first-order chi connectivity index (χ1) is 52.7. The second-order valence-corrected chi connectivity index (χ2v) is 29.1.